The molecule has 1 saturated heterocycles. The molecule has 1 rings (SSSR count). The molecule has 4 nitrogen and oxygen atoms in total. The zero-order chi connectivity index (χ0) is 13.5. The first-order chi connectivity index (χ1) is 8.49. The minimum absolute atomic E-state index is 0.297. The largest absolute Gasteiger partial charge is 0.341 e. The van der Waals surface area contributed by atoms with E-state index in [9.17, 15) is 4.79 Å². The highest BCUT2D eigenvalue weighted by molar-refractivity contribution is 5.76. The van der Waals surface area contributed by atoms with Crippen molar-refractivity contribution in [2.45, 2.75) is 39.2 Å². The van der Waals surface area contributed by atoms with Gasteiger partial charge in [-0.1, -0.05) is 13.8 Å². The molecule has 1 aliphatic rings. The van der Waals surface area contributed by atoms with E-state index in [0.29, 0.717) is 24.3 Å². The van der Waals surface area contributed by atoms with Gasteiger partial charge in [-0.15, -0.1) is 0 Å². The van der Waals surface area contributed by atoms with Crippen LogP contribution < -0.4 is 5.32 Å². The molecule has 1 atom stereocenters. The number of hydrogen-bond donors (Lipinski definition) is 1. The molecule has 4 heteroatoms. The molecular weight excluding hydrogens is 226 g/mol. The summed E-state index contributed by atoms with van der Waals surface area (Å²) in [7, 11) is 4.02. The number of nitrogens with one attached hydrogen (secondary N) is 1. The third-order valence-corrected chi connectivity index (χ3v) is 3.31. The van der Waals surface area contributed by atoms with Gasteiger partial charge < -0.3 is 15.1 Å². The van der Waals surface area contributed by atoms with Gasteiger partial charge in [0.2, 0.25) is 5.91 Å². The number of carbonyl (C=O) groups excluding carboxylic acids is 1. The summed E-state index contributed by atoms with van der Waals surface area (Å²) < 4.78 is 0. The summed E-state index contributed by atoms with van der Waals surface area (Å²) in [6.07, 6.45) is 3.08. The summed E-state index contributed by atoms with van der Waals surface area (Å²) in [5, 5.41) is 3.48. The van der Waals surface area contributed by atoms with Gasteiger partial charge in [-0.25, -0.2) is 0 Å². The highest BCUT2D eigenvalue weighted by atomic mass is 16.2. The maximum atomic E-state index is 12.2. The van der Waals surface area contributed by atoms with E-state index >= 15 is 0 Å². The van der Waals surface area contributed by atoms with E-state index < -0.39 is 0 Å². The van der Waals surface area contributed by atoms with Crippen molar-refractivity contribution in [2.75, 3.05) is 40.3 Å². The molecular formula is C14H29N3O. The topological polar surface area (TPSA) is 35.6 Å². The fourth-order valence-corrected chi connectivity index (χ4v) is 2.37. The van der Waals surface area contributed by atoms with Crippen molar-refractivity contribution < 1.29 is 4.79 Å². The van der Waals surface area contributed by atoms with Crippen LogP contribution in [-0.4, -0.2) is 62.0 Å². The lowest BCUT2D eigenvalue weighted by atomic mass is 10.1. The predicted molar refractivity (Wildman–Crippen MR) is 75.6 cm³/mol. The van der Waals surface area contributed by atoms with Crippen molar-refractivity contribution in [3.05, 3.63) is 0 Å². The molecule has 0 saturated carbocycles. The Bertz CT molecular complexity index is 247. The summed E-state index contributed by atoms with van der Waals surface area (Å²) in [6, 6.07) is 0.507. The first-order valence-corrected chi connectivity index (χ1v) is 7.15. The van der Waals surface area contributed by atoms with E-state index in [1.165, 1.54) is 12.8 Å². The second-order valence-corrected chi connectivity index (χ2v) is 6.04. The second kappa shape index (κ2) is 7.74. The van der Waals surface area contributed by atoms with E-state index in [-0.39, 0.29) is 0 Å². The predicted octanol–water partition coefficient (Wildman–Crippen LogP) is 1.17. The van der Waals surface area contributed by atoms with Crippen LogP contribution in [-0.2, 0) is 4.79 Å². The third-order valence-electron chi connectivity index (χ3n) is 3.31. The Morgan fingerprint density at radius 2 is 2.11 bits per heavy atom. The van der Waals surface area contributed by atoms with Gasteiger partial charge in [0, 0.05) is 32.1 Å². The molecule has 18 heavy (non-hydrogen) atoms. The zero-order valence-corrected chi connectivity index (χ0v) is 12.4. The first-order valence-electron chi connectivity index (χ1n) is 7.15. The van der Waals surface area contributed by atoms with Gasteiger partial charge in [-0.2, -0.15) is 0 Å². The number of amides is 1. The van der Waals surface area contributed by atoms with E-state index in [0.717, 1.165) is 26.2 Å². The van der Waals surface area contributed by atoms with Gasteiger partial charge in [-0.3, -0.25) is 4.79 Å². The maximum absolute atomic E-state index is 12.2. The number of hydrogen-bond acceptors (Lipinski definition) is 3. The average Bonchev–Trinajstić information content (AvgIpc) is 2.77. The smallest absolute Gasteiger partial charge is 0.223 e. The van der Waals surface area contributed by atoms with Gasteiger partial charge in [-0.05, 0) is 39.4 Å². The molecule has 0 radical (unpaired) electrons. The molecule has 1 aliphatic heterocycles. The van der Waals surface area contributed by atoms with Crippen LogP contribution in [0.4, 0.5) is 0 Å². The quantitative estimate of drug-likeness (QED) is 0.742. The molecule has 0 aromatic carbocycles. The second-order valence-electron chi connectivity index (χ2n) is 6.04. The van der Waals surface area contributed by atoms with Crippen LogP contribution in [0, 0.1) is 5.92 Å². The molecule has 1 unspecified atom stereocenters. The molecule has 0 aliphatic carbocycles. The molecule has 0 aromatic heterocycles. The van der Waals surface area contributed by atoms with Crippen molar-refractivity contribution in [3.8, 4) is 0 Å². The highest BCUT2D eigenvalue weighted by Crippen LogP contribution is 2.10. The molecule has 1 heterocycles. The molecule has 0 bridgehead atoms. The Balaban J connectivity index is 2.44. The van der Waals surface area contributed by atoms with Crippen LogP contribution in [0.3, 0.4) is 0 Å². The Labute approximate surface area is 112 Å². The van der Waals surface area contributed by atoms with Crippen LogP contribution >= 0.6 is 0 Å². The van der Waals surface area contributed by atoms with Crippen LogP contribution in [0.15, 0.2) is 0 Å². The van der Waals surface area contributed by atoms with Gasteiger partial charge in [0.1, 0.15) is 0 Å². The SMILES string of the molecule is CC(C)CN(CC1CCCN1)C(=O)CCN(C)C. The summed E-state index contributed by atoms with van der Waals surface area (Å²) in [6.45, 7) is 8.05. The Hall–Kier alpha value is -0.610. The average molecular weight is 255 g/mol. The van der Waals surface area contributed by atoms with Gasteiger partial charge >= 0.3 is 0 Å². The lowest BCUT2D eigenvalue weighted by Gasteiger charge is -2.28. The van der Waals surface area contributed by atoms with Crippen LogP contribution in [0.2, 0.25) is 0 Å². The highest BCUT2D eigenvalue weighted by Gasteiger charge is 2.21. The number of nitrogens with zero attached hydrogens (tertiary/aromatic N) is 2. The van der Waals surface area contributed by atoms with Gasteiger partial charge in [0.05, 0.1) is 0 Å². The molecule has 0 spiro atoms. The monoisotopic (exact) mass is 255 g/mol. The molecule has 106 valence electrons. The minimum atomic E-state index is 0.297. The van der Waals surface area contributed by atoms with Crippen LogP contribution in [0.1, 0.15) is 33.1 Å². The Kier molecular flexibility index (Phi) is 6.65. The van der Waals surface area contributed by atoms with Crippen molar-refractivity contribution in [2.24, 2.45) is 5.92 Å². The lowest BCUT2D eigenvalue weighted by molar-refractivity contribution is -0.132. The van der Waals surface area contributed by atoms with E-state index in [4.69, 9.17) is 0 Å². The van der Waals surface area contributed by atoms with Crippen molar-refractivity contribution in [1.82, 2.24) is 15.1 Å². The molecule has 1 N–H and O–H groups in total. The van der Waals surface area contributed by atoms with E-state index in [1.807, 2.05) is 14.1 Å². The standard InChI is InChI=1S/C14H29N3O/c1-12(2)10-17(11-13-6-5-8-15-13)14(18)7-9-16(3)4/h12-13,15H,5-11H2,1-4H3. The normalized spacial score (nSPS) is 19.8. The van der Waals surface area contributed by atoms with Gasteiger partial charge in [0.15, 0.2) is 0 Å². The molecule has 1 amide bonds. The minimum Gasteiger partial charge on any atom is -0.341 e. The van der Waals surface area contributed by atoms with Crippen molar-refractivity contribution in [3.63, 3.8) is 0 Å². The Morgan fingerprint density at radius 3 is 2.61 bits per heavy atom. The fraction of sp³-hybridized carbons (Fsp3) is 0.929. The maximum Gasteiger partial charge on any atom is 0.223 e. The first kappa shape index (κ1) is 15.4. The van der Waals surface area contributed by atoms with Crippen molar-refractivity contribution in [1.29, 1.82) is 0 Å². The Morgan fingerprint density at radius 1 is 1.39 bits per heavy atom. The number of carbonyl (C=O) groups is 1. The van der Waals surface area contributed by atoms with E-state index in [2.05, 4.69) is 29.0 Å². The zero-order valence-electron chi connectivity index (χ0n) is 12.4. The number of rotatable bonds is 7. The lowest BCUT2D eigenvalue weighted by Crippen LogP contribution is -2.43. The third kappa shape index (κ3) is 5.83. The van der Waals surface area contributed by atoms with E-state index in [1.54, 1.807) is 0 Å². The van der Waals surface area contributed by atoms with Crippen LogP contribution in [0.5, 0.6) is 0 Å². The van der Waals surface area contributed by atoms with Gasteiger partial charge in [0.25, 0.3) is 0 Å². The molecule has 0 aromatic rings. The summed E-state index contributed by atoms with van der Waals surface area (Å²) in [5.74, 6) is 0.834. The fourth-order valence-electron chi connectivity index (χ4n) is 2.37. The summed E-state index contributed by atoms with van der Waals surface area (Å²) >= 11 is 0. The molecule has 1 fully saturated rings. The van der Waals surface area contributed by atoms with Crippen LogP contribution in [0.25, 0.3) is 0 Å². The summed E-state index contributed by atoms with van der Waals surface area (Å²) in [5.41, 5.74) is 0. The summed E-state index contributed by atoms with van der Waals surface area (Å²) in [4.78, 5) is 16.4. The van der Waals surface area contributed by atoms with Crippen molar-refractivity contribution >= 4 is 5.91 Å².